The summed E-state index contributed by atoms with van der Waals surface area (Å²) in [6.07, 6.45) is 6.02. The lowest BCUT2D eigenvalue weighted by molar-refractivity contribution is -0.141. The first-order valence-corrected chi connectivity index (χ1v) is 16.2. The number of aromatic amines is 1. The molecule has 0 bridgehead atoms. The number of benzene rings is 5. The third kappa shape index (κ3) is 7.30. The van der Waals surface area contributed by atoms with E-state index in [1.54, 1.807) is 23.2 Å². The predicted octanol–water partition coefficient (Wildman–Crippen LogP) is 5.99. The van der Waals surface area contributed by atoms with Crippen molar-refractivity contribution in [2.24, 2.45) is 0 Å². The van der Waals surface area contributed by atoms with E-state index in [9.17, 15) is 25.2 Å². The molecule has 2 amide bonds. The first kappa shape index (κ1) is 34.1. The Morgan fingerprint density at radius 1 is 0.725 bits per heavy atom. The van der Waals surface area contributed by atoms with Gasteiger partial charge in [0.2, 0.25) is 11.8 Å². The van der Waals surface area contributed by atoms with E-state index in [2.05, 4.69) is 15.3 Å². The highest BCUT2D eigenvalue weighted by atomic mass is 16.3. The molecule has 6 rings (SSSR count). The highest BCUT2D eigenvalue weighted by molar-refractivity contribution is 5.97. The molecule has 51 heavy (non-hydrogen) atoms. The molecule has 0 aliphatic carbocycles. The highest BCUT2D eigenvalue weighted by Crippen LogP contribution is 2.44. The van der Waals surface area contributed by atoms with Crippen LogP contribution < -0.4 is 5.32 Å². The molecule has 1 aromatic heterocycles. The Labute approximate surface area is 294 Å². The summed E-state index contributed by atoms with van der Waals surface area (Å²) in [6.45, 7) is -0.00812. The van der Waals surface area contributed by atoms with Crippen LogP contribution in [0.5, 0.6) is 23.0 Å². The van der Waals surface area contributed by atoms with E-state index in [1.165, 1.54) is 42.7 Å². The van der Waals surface area contributed by atoms with E-state index in [4.69, 9.17) is 0 Å². The van der Waals surface area contributed by atoms with Crippen molar-refractivity contribution < 1.29 is 30.0 Å². The molecular weight excluding hydrogens is 644 g/mol. The van der Waals surface area contributed by atoms with Gasteiger partial charge >= 0.3 is 0 Å². The van der Waals surface area contributed by atoms with Gasteiger partial charge in [0.05, 0.1) is 6.33 Å². The number of carbonyl (C=O) groups is 2. The minimum Gasteiger partial charge on any atom is -0.504 e. The lowest BCUT2D eigenvalue weighted by Crippen LogP contribution is -2.60. The number of aromatic hydroxyl groups is 4. The van der Waals surface area contributed by atoms with Crippen LogP contribution in [0.15, 0.2) is 146 Å². The Kier molecular flexibility index (Phi) is 10.1. The van der Waals surface area contributed by atoms with Gasteiger partial charge in [0, 0.05) is 30.9 Å². The van der Waals surface area contributed by atoms with E-state index in [-0.39, 0.29) is 36.0 Å². The zero-order valence-corrected chi connectivity index (χ0v) is 27.4. The largest absolute Gasteiger partial charge is 0.504 e. The van der Waals surface area contributed by atoms with Gasteiger partial charge in [-0.2, -0.15) is 0 Å². The Morgan fingerprint density at radius 2 is 1.27 bits per heavy atom. The Hall–Kier alpha value is -6.81. The number of imidazole rings is 1. The maximum absolute atomic E-state index is 15.1. The molecule has 10 nitrogen and oxygen atoms in total. The van der Waals surface area contributed by atoms with Crippen LogP contribution in [0.2, 0.25) is 0 Å². The quantitative estimate of drug-likeness (QED) is 0.0526. The Bertz CT molecular complexity index is 2020. The maximum atomic E-state index is 15.1. The first-order valence-electron chi connectivity index (χ1n) is 16.2. The third-order valence-corrected chi connectivity index (χ3v) is 8.68. The SMILES string of the molecule is O=C(NCc1ccc(O)c(O)c1)[C@H](Cc1cnc[nH]1)N(C(=O)C=Cc1ccc(O)c(O)c1)C(c1ccccc1)(c1ccccc1)c1ccccc1. The van der Waals surface area contributed by atoms with Gasteiger partial charge in [-0.05, 0) is 58.2 Å². The van der Waals surface area contributed by atoms with Crippen molar-refractivity contribution in [3.63, 3.8) is 0 Å². The molecule has 0 aliphatic heterocycles. The van der Waals surface area contributed by atoms with Crippen molar-refractivity contribution in [1.29, 1.82) is 0 Å². The fourth-order valence-electron chi connectivity index (χ4n) is 6.29. The average Bonchev–Trinajstić information content (AvgIpc) is 3.68. The van der Waals surface area contributed by atoms with Crippen molar-refractivity contribution in [3.8, 4) is 23.0 Å². The van der Waals surface area contributed by atoms with Crippen molar-refractivity contribution in [2.75, 3.05) is 0 Å². The second-order valence-corrected chi connectivity index (χ2v) is 11.9. The number of nitrogens with zero attached hydrogens (tertiary/aromatic N) is 2. The second kappa shape index (κ2) is 15.2. The van der Waals surface area contributed by atoms with Gasteiger partial charge in [-0.25, -0.2) is 4.98 Å². The number of rotatable bonds is 12. The highest BCUT2D eigenvalue weighted by Gasteiger charge is 2.49. The van der Waals surface area contributed by atoms with Crippen LogP contribution >= 0.6 is 0 Å². The minimum absolute atomic E-state index is 0.00812. The summed E-state index contributed by atoms with van der Waals surface area (Å²) >= 11 is 0. The second-order valence-electron chi connectivity index (χ2n) is 11.9. The molecule has 0 aliphatic rings. The number of phenolic OH excluding ortho intramolecular Hbond substituents is 4. The zero-order chi connectivity index (χ0) is 35.8. The number of nitrogens with one attached hydrogen (secondary N) is 2. The van der Waals surface area contributed by atoms with Crippen molar-refractivity contribution in [3.05, 3.63) is 180 Å². The lowest BCUT2D eigenvalue weighted by Gasteiger charge is -2.48. The number of H-pyrrole nitrogens is 1. The molecular formula is C41H36N4O6. The van der Waals surface area contributed by atoms with E-state index >= 15 is 4.79 Å². The molecule has 1 atom stereocenters. The smallest absolute Gasteiger partial charge is 0.248 e. The molecule has 0 saturated heterocycles. The standard InChI is InChI=1S/C41H36N4O6/c46-35-19-16-28(22-37(35)48)18-21-39(50)45(34(24-33-26-42-27-44-33)40(51)43-25-29-17-20-36(47)38(49)23-29)41(30-10-4-1-5-11-30,31-12-6-2-7-13-31)32-14-8-3-9-15-32/h1-23,26-27,34,46-49H,24-25H2,(H,42,44)(H,43,51)/t34-/m0/s1. The summed E-state index contributed by atoms with van der Waals surface area (Å²) in [5.74, 6) is -2.27. The fourth-order valence-corrected chi connectivity index (χ4v) is 6.29. The maximum Gasteiger partial charge on any atom is 0.248 e. The van der Waals surface area contributed by atoms with E-state index in [1.807, 2.05) is 91.0 Å². The minimum atomic E-state index is -1.37. The van der Waals surface area contributed by atoms with Crippen LogP contribution in [0, 0.1) is 0 Å². The summed E-state index contributed by atoms with van der Waals surface area (Å²) in [5, 5.41) is 43.0. The van der Waals surface area contributed by atoms with Crippen molar-refractivity contribution in [1.82, 2.24) is 20.2 Å². The Morgan fingerprint density at radius 3 is 1.78 bits per heavy atom. The number of hydrogen-bond donors (Lipinski definition) is 6. The van der Waals surface area contributed by atoms with Crippen molar-refractivity contribution in [2.45, 2.75) is 24.5 Å². The van der Waals surface area contributed by atoms with Gasteiger partial charge in [-0.1, -0.05) is 103 Å². The van der Waals surface area contributed by atoms with Crippen LogP contribution in [-0.4, -0.2) is 53.2 Å². The van der Waals surface area contributed by atoms with Crippen LogP contribution in [0.3, 0.4) is 0 Å². The average molecular weight is 681 g/mol. The molecule has 1 heterocycles. The van der Waals surface area contributed by atoms with Gasteiger partial charge in [0.1, 0.15) is 11.6 Å². The fraction of sp³-hybridized carbons (Fsp3) is 0.0976. The Balaban J connectivity index is 1.59. The normalized spacial score (nSPS) is 12.0. The first-order chi connectivity index (χ1) is 24.8. The molecule has 10 heteroatoms. The molecule has 6 N–H and O–H groups in total. The number of amides is 2. The summed E-state index contributed by atoms with van der Waals surface area (Å²) in [7, 11) is 0. The topological polar surface area (TPSA) is 159 Å². The molecule has 0 fully saturated rings. The van der Waals surface area contributed by atoms with Crippen LogP contribution in [0.4, 0.5) is 0 Å². The summed E-state index contributed by atoms with van der Waals surface area (Å²) in [5.41, 5.74) is 2.37. The van der Waals surface area contributed by atoms with E-state index in [0.717, 1.165) is 16.7 Å². The molecule has 0 saturated carbocycles. The van der Waals surface area contributed by atoms with Gasteiger partial charge in [-0.3, -0.25) is 9.59 Å². The summed E-state index contributed by atoms with van der Waals surface area (Å²) in [6, 6.07) is 35.8. The van der Waals surface area contributed by atoms with E-state index < -0.39 is 23.4 Å². The predicted molar refractivity (Wildman–Crippen MR) is 193 cm³/mol. The molecule has 0 spiro atoms. The summed E-state index contributed by atoms with van der Waals surface area (Å²) in [4.78, 5) is 38.7. The third-order valence-electron chi connectivity index (χ3n) is 8.68. The number of carbonyl (C=O) groups excluding carboxylic acids is 2. The molecule has 0 unspecified atom stereocenters. The van der Waals surface area contributed by atoms with Gasteiger partial charge in [0.25, 0.3) is 0 Å². The van der Waals surface area contributed by atoms with Crippen molar-refractivity contribution >= 4 is 17.9 Å². The number of phenols is 4. The van der Waals surface area contributed by atoms with Crippen LogP contribution in [0.1, 0.15) is 33.5 Å². The van der Waals surface area contributed by atoms with E-state index in [0.29, 0.717) is 16.8 Å². The molecule has 6 aromatic rings. The van der Waals surface area contributed by atoms with Gasteiger partial charge in [-0.15, -0.1) is 0 Å². The summed E-state index contributed by atoms with van der Waals surface area (Å²) < 4.78 is 0. The number of aromatic nitrogens is 2. The van der Waals surface area contributed by atoms with Gasteiger partial charge < -0.3 is 35.6 Å². The zero-order valence-electron chi connectivity index (χ0n) is 27.4. The molecule has 256 valence electrons. The van der Waals surface area contributed by atoms with Gasteiger partial charge in [0.15, 0.2) is 23.0 Å². The molecule has 0 radical (unpaired) electrons. The number of hydrogen-bond acceptors (Lipinski definition) is 7. The lowest BCUT2D eigenvalue weighted by atomic mass is 9.74. The van der Waals surface area contributed by atoms with Crippen LogP contribution in [0.25, 0.3) is 6.08 Å². The molecule has 5 aromatic carbocycles. The monoisotopic (exact) mass is 680 g/mol. The van der Waals surface area contributed by atoms with Crippen LogP contribution in [-0.2, 0) is 28.1 Å².